The number of hydrogen-bond donors (Lipinski definition) is 1. The van der Waals surface area contributed by atoms with E-state index in [0.29, 0.717) is 24.5 Å². The highest BCUT2D eigenvalue weighted by Gasteiger charge is 2.27. The maximum absolute atomic E-state index is 12.5. The molecule has 140 valence electrons. The van der Waals surface area contributed by atoms with Crippen LogP contribution in [0.3, 0.4) is 0 Å². The van der Waals surface area contributed by atoms with Crippen molar-refractivity contribution in [2.45, 2.75) is 6.42 Å². The highest BCUT2D eigenvalue weighted by atomic mass is 16.5. The highest BCUT2D eigenvalue weighted by molar-refractivity contribution is 6.09. The van der Waals surface area contributed by atoms with Gasteiger partial charge in [0.1, 0.15) is 0 Å². The van der Waals surface area contributed by atoms with E-state index in [1.54, 1.807) is 49.4 Å². The molecule has 27 heavy (non-hydrogen) atoms. The van der Waals surface area contributed by atoms with Gasteiger partial charge in [-0.15, -0.1) is 0 Å². The minimum absolute atomic E-state index is 0.135. The van der Waals surface area contributed by atoms with Crippen LogP contribution >= 0.6 is 0 Å². The van der Waals surface area contributed by atoms with E-state index >= 15 is 0 Å². The Morgan fingerprint density at radius 2 is 1.93 bits per heavy atom. The lowest BCUT2D eigenvalue weighted by Crippen LogP contribution is -2.33. The molecular weight excluding hydrogens is 344 g/mol. The van der Waals surface area contributed by atoms with Crippen LogP contribution in [0.25, 0.3) is 6.08 Å². The second-order valence-electron chi connectivity index (χ2n) is 6.17. The SMILES string of the molecule is COCCCNC(=O)c1ccc(/C=C2\Oc3ccccc3N(C)C2=O)cc1. The maximum atomic E-state index is 12.5. The number of carbonyl (C=O) groups is 2. The predicted octanol–water partition coefficient (Wildman–Crippen LogP) is 2.85. The van der Waals surface area contributed by atoms with Crippen LogP contribution in [0.4, 0.5) is 5.69 Å². The quantitative estimate of drug-likeness (QED) is 0.631. The molecule has 1 aliphatic heterocycles. The zero-order valence-electron chi connectivity index (χ0n) is 15.4. The first-order chi connectivity index (χ1) is 13.1. The topological polar surface area (TPSA) is 67.9 Å². The molecule has 0 aliphatic carbocycles. The van der Waals surface area contributed by atoms with Gasteiger partial charge in [-0.3, -0.25) is 9.59 Å². The van der Waals surface area contributed by atoms with Crippen molar-refractivity contribution in [2.75, 3.05) is 32.2 Å². The molecule has 2 amide bonds. The van der Waals surface area contributed by atoms with Crippen LogP contribution in [0.15, 0.2) is 54.3 Å². The standard InChI is InChI=1S/C21H22N2O4/c1-23-17-6-3-4-7-18(17)27-19(21(23)25)14-15-8-10-16(11-9-15)20(24)22-12-5-13-26-2/h3-4,6-11,14H,5,12-13H2,1-2H3,(H,22,24)/b19-14-. The largest absolute Gasteiger partial charge is 0.449 e. The van der Waals surface area contributed by atoms with Gasteiger partial charge in [0, 0.05) is 32.9 Å². The summed E-state index contributed by atoms with van der Waals surface area (Å²) in [6.45, 7) is 1.17. The molecule has 0 fully saturated rings. The lowest BCUT2D eigenvalue weighted by molar-refractivity contribution is -0.117. The summed E-state index contributed by atoms with van der Waals surface area (Å²) in [7, 11) is 3.35. The molecule has 6 nitrogen and oxygen atoms in total. The predicted molar refractivity (Wildman–Crippen MR) is 104 cm³/mol. The van der Waals surface area contributed by atoms with E-state index in [2.05, 4.69) is 5.32 Å². The van der Waals surface area contributed by atoms with Crippen LogP contribution in [0, 0.1) is 0 Å². The van der Waals surface area contributed by atoms with Crippen LogP contribution in [0.1, 0.15) is 22.3 Å². The number of carbonyl (C=O) groups excluding carboxylic acids is 2. The molecule has 0 atom stereocenters. The Bertz CT molecular complexity index is 859. The van der Waals surface area contributed by atoms with Crippen LogP contribution in [-0.4, -0.2) is 39.1 Å². The third kappa shape index (κ3) is 4.35. The average molecular weight is 366 g/mol. The van der Waals surface area contributed by atoms with E-state index in [1.165, 1.54) is 0 Å². The number of hydrogen-bond acceptors (Lipinski definition) is 4. The first-order valence-corrected chi connectivity index (χ1v) is 8.74. The lowest BCUT2D eigenvalue weighted by atomic mass is 10.1. The molecule has 0 saturated carbocycles. The fourth-order valence-electron chi connectivity index (χ4n) is 2.75. The van der Waals surface area contributed by atoms with E-state index in [0.717, 1.165) is 17.7 Å². The number of nitrogens with one attached hydrogen (secondary N) is 1. The number of likely N-dealkylation sites (N-methyl/N-ethyl adjacent to an activating group) is 1. The Hall–Kier alpha value is -3.12. The fraction of sp³-hybridized carbons (Fsp3) is 0.238. The molecule has 0 bridgehead atoms. The minimum atomic E-state index is -0.214. The highest BCUT2D eigenvalue weighted by Crippen LogP contribution is 2.34. The van der Waals surface area contributed by atoms with Gasteiger partial charge in [0.25, 0.3) is 11.8 Å². The first kappa shape index (κ1) is 18.7. The molecule has 6 heteroatoms. The Morgan fingerprint density at radius 1 is 1.19 bits per heavy atom. The number of methoxy groups -OCH3 is 1. The van der Waals surface area contributed by atoms with Gasteiger partial charge in [-0.25, -0.2) is 0 Å². The number of rotatable bonds is 6. The number of fused-ring (bicyclic) bond motifs is 1. The Balaban J connectivity index is 1.71. The maximum Gasteiger partial charge on any atom is 0.293 e. The van der Waals surface area contributed by atoms with Crippen molar-refractivity contribution in [2.24, 2.45) is 0 Å². The monoisotopic (exact) mass is 366 g/mol. The van der Waals surface area contributed by atoms with Crippen molar-refractivity contribution in [3.05, 3.63) is 65.4 Å². The molecule has 0 aromatic heterocycles. The molecule has 2 aromatic rings. The summed E-state index contributed by atoms with van der Waals surface area (Å²) in [4.78, 5) is 26.1. The molecule has 2 aromatic carbocycles. The summed E-state index contributed by atoms with van der Waals surface area (Å²) in [6, 6.07) is 14.4. The van der Waals surface area contributed by atoms with Gasteiger partial charge in [0.05, 0.1) is 5.69 Å². The van der Waals surface area contributed by atoms with Gasteiger partial charge in [-0.05, 0) is 42.3 Å². The molecule has 1 aliphatic rings. The van der Waals surface area contributed by atoms with Crippen molar-refractivity contribution in [1.82, 2.24) is 5.32 Å². The number of anilines is 1. The van der Waals surface area contributed by atoms with Gasteiger partial charge >= 0.3 is 0 Å². The molecule has 3 rings (SSSR count). The van der Waals surface area contributed by atoms with Crippen molar-refractivity contribution < 1.29 is 19.1 Å². The van der Waals surface area contributed by atoms with E-state index < -0.39 is 0 Å². The number of amides is 2. The number of ether oxygens (including phenoxy) is 2. The van der Waals surface area contributed by atoms with Crippen molar-refractivity contribution >= 4 is 23.6 Å². The molecule has 0 saturated heterocycles. The summed E-state index contributed by atoms with van der Waals surface area (Å²) in [5.41, 5.74) is 2.08. The number of benzene rings is 2. The van der Waals surface area contributed by atoms with Crippen molar-refractivity contribution in [3.8, 4) is 5.75 Å². The minimum Gasteiger partial charge on any atom is -0.449 e. The van der Waals surface area contributed by atoms with E-state index in [9.17, 15) is 9.59 Å². The van der Waals surface area contributed by atoms with Gasteiger partial charge in [-0.1, -0.05) is 24.3 Å². The van der Waals surface area contributed by atoms with Gasteiger partial charge < -0.3 is 19.7 Å². The Kier molecular flexibility index (Phi) is 5.88. The second-order valence-corrected chi connectivity index (χ2v) is 6.17. The van der Waals surface area contributed by atoms with Gasteiger partial charge in [-0.2, -0.15) is 0 Å². The second kappa shape index (κ2) is 8.51. The van der Waals surface area contributed by atoms with Gasteiger partial charge in [0.2, 0.25) is 0 Å². The van der Waals surface area contributed by atoms with Crippen molar-refractivity contribution in [1.29, 1.82) is 0 Å². The molecular formula is C21H22N2O4. The van der Waals surface area contributed by atoms with E-state index in [4.69, 9.17) is 9.47 Å². The van der Waals surface area contributed by atoms with Crippen LogP contribution in [0.2, 0.25) is 0 Å². The normalized spacial score (nSPS) is 14.7. The zero-order chi connectivity index (χ0) is 19.2. The third-order valence-corrected chi connectivity index (χ3v) is 4.24. The Labute approximate surface area is 158 Å². The van der Waals surface area contributed by atoms with Crippen LogP contribution < -0.4 is 15.0 Å². The summed E-state index contributed by atoms with van der Waals surface area (Å²) in [6.07, 6.45) is 2.44. The molecule has 1 heterocycles. The number of nitrogens with zero attached hydrogens (tertiary/aromatic N) is 1. The smallest absolute Gasteiger partial charge is 0.293 e. The third-order valence-electron chi connectivity index (χ3n) is 4.24. The zero-order valence-corrected chi connectivity index (χ0v) is 15.4. The van der Waals surface area contributed by atoms with E-state index in [1.807, 2.05) is 24.3 Å². The fourth-order valence-corrected chi connectivity index (χ4v) is 2.75. The first-order valence-electron chi connectivity index (χ1n) is 8.74. The molecule has 1 N–H and O–H groups in total. The molecule has 0 radical (unpaired) electrons. The van der Waals surface area contributed by atoms with Crippen molar-refractivity contribution in [3.63, 3.8) is 0 Å². The molecule has 0 unspecified atom stereocenters. The summed E-state index contributed by atoms with van der Waals surface area (Å²) in [5.74, 6) is 0.531. The van der Waals surface area contributed by atoms with Gasteiger partial charge in [0.15, 0.2) is 11.5 Å². The summed E-state index contributed by atoms with van der Waals surface area (Å²) in [5, 5.41) is 2.84. The Morgan fingerprint density at radius 3 is 2.67 bits per heavy atom. The summed E-state index contributed by atoms with van der Waals surface area (Å²) >= 11 is 0. The molecule has 0 spiro atoms. The van der Waals surface area contributed by atoms with Crippen LogP contribution in [-0.2, 0) is 9.53 Å². The summed E-state index contributed by atoms with van der Waals surface area (Å²) < 4.78 is 10.7. The van der Waals surface area contributed by atoms with Crippen LogP contribution in [0.5, 0.6) is 5.75 Å². The van der Waals surface area contributed by atoms with E-state index in [-0.39, 0.29) is 17.6 Å². The lowest BCUT2D eigenvalue weighted by Gasteiger charge is -2.27. The number of para-hydroxylation sites is 2. The average Bonchev–Trinajstić information content (AvgIpc) is 2.69.